The Bertz CT molecular complexity index is 847. The van der Waals surface area contributed by atoms with Crippen molar-refractivity contribution >= 4 is 26.0 Å². The Morgan fingerprint density at radius 1 is 1.29 bits per heavy atom. The lowest BCUT2D eigenvalue weighted by Gasteiger charge is -2.34. The lowest BCUT2D eigenvalue weighted by Crippen LogP contribution is -2.48. The van der Waals surface area contributed by atoms with E-state index in [0.29, 0.717) is 29.0 Å². The van der Waals surface area contributed by atoms with Crippen LogP contribution in [0.4, 0.5) is 4.39 Å². The standard InChI is InChI=1S/C15H17BrFN3O3S/c1-10-18-14(19-23-10)15(7-3-2-4-8-15)20-24(21,22)13-9-11(16)5-6-12(13)17/h5-6,9,20H,2-4,7-8H2,1H3. The number of nitrogens with zero attached hydrogens (tertiary/aromatic N) is 2. The average molecular weight is 418 g/mol. The van der Waals surface area contributed by atoms with E-state index in [2.05, 4.69) is 30.8 Å². The highest BCUT2D eigenvalue weighted by atomic mass is 79.9. The van der Waals surface area contributed by atoms with E-state index in [0.717, 1.165) is 25.3 Å². The van der Waals surface area contributed by atoms with Gasteiger partial charge in [0, 0.05) is 11.4 Å². The summed E-state index contributed by atoms with van der Waals surface area (Å²) < 4.78 is 47.8. The minimum Gasteiger partial charge on any atom is -0.340 e. The van der Waals surface area contributed by atoms with Crippen LogP contribution in [0.25, 0.3) is 0 Å². The van der Waals surface area contributed by atoms with Gasteiger partial charge in [-0.05, 0) is 31.0 Å². The molecule has 6 nitrogen and oxygen atoms in total. The second kappa shape index (κ2) is 6.53. The Balaban J connectivity index is 2.02. The summed E-state index contributed by atoms with van der Waals surface area (Å²) in [4.78, 5) is 3.82. The summed E-state index contributed by atoms with van der Waals surface area (Å²) in [5.74, 6) is -0.137. The Kier molecular flexibility index (Phi) is 4.76. The Labute approximate surface area is 148 Å². The molecule has 0 unspecified atom stereocenters. The molecular weight excluding hydrogens is 401 g/mol. The molecule has 2 aromatic rings. The number of nitrogens with one attached hydrogen (secondary N) is 1. The van der Waals surface area contributed by atoms with Gasteiger partial charge in [-0.25, -0.2) is 12.8 Å². The van der Waals surface area contributed by atoms with Gasteiger partial charge in [0.15, 0.2) is 5.82 Å². The van der Waals surface area contributed by atoms with Crippen molar-refractivity contribution in [3.63, 3.8) is 0 Å². The lowest BCUT2D eigenvalue weighted by atomic mass is 9.82. The zero-order valence-corrected chi connectivity index (χ0v) is 15.5. The van der Waals surface area contributed by atoms with E-state index in [1.165, 1.54) is 12.1 Å². The predicted octanol–water partition coefficient (Wildman–Crippen LogP) is 3.42. The quantitative estimate of drug-likeness (QED) is 0.823. The summed E-state index contributed by atoms with van der Waals surface area (Å²) in [7, 11) is -4.09. The van der Waals surface area contributed by atoms with Crippen LogP contribution >= 0.6 is 15.9 Å². The van der Waals surface area contributed by atoms with E-state index < -0.39 is 26.3 Å². The Hall–Kier alpha value is -1.32. The molecular formula is C15H17BrFN3O3S. The van der Waals surface area contributed by atoms with Gasteiger partial charge in [0.05, 0.1) is 5.54 Å². The van der Waals surface area contributed by atoms with Gasteiger partial charge in [0.1, 0.15) is 10.7 Å². The number of hydrogen-bond acceptors (Lipinski definition) is 5. The van der Waals surface area contributed by atoms with E-state index in [1.807, 2.05) is 0 Å². The molecule has 0 atom stereocenters. The molecule has 1 heterocycles. The molecule has 0 spiro atoms. The van der Waals surface area contributed by atoms with Crippen molar-refractivity contribution in [2.75, 3.05) is 0 Å². The SMILES string of the molecule is Cc1nc(C2(NS(=O)(=O)c3cc(Br)ccc3F)CCCCC2)no1. The molecule has 130 valence electrons. The normalized spacial score (nSPS) is 17.8. The first-order chi connectivity index (χ1) is 11.3. The largest absolute Gasteiger partial charge is 0.340 e. The lowest BCUT2D eigenvalue weighted by molar-refractivity contribution is 0.248. The van der Waals surface area contributed by atoms with Crippen LogP contribution in [0, 0.1) is 12.7 Å². The zero-order chi connectivity index (χ0) is 17.4. The van der Waals surface area contributed by atoms with Crippen molar-refractivity contribution in [1.82, 2.24) is 14.9 Å². The molecule has 0 amide bonds. The first-order valence-corrected chi connectivity index (χ1v) is 9.90. The molecule has 24 heavy (non-hydrogen) atoms. The van der Waals surface area contributed by atoms with Crippen LogP contribution in [0.3, 0.4) is 0 Å². The molecule has 9 heteroatoms. The fraction of sp³-hybridized carbons (Fsp3) is 0.467. The maximum atomic E-state index is 14.1. The molecule has 0 bridgehead atoms. The van der Waals surface area contributed by atoms with Crippen LogP contribution in [0.15, 0.2) is 32.1 Å². The maximum absolute atomic E-state index is 14.1. The predicted molar refractivity (Wildman–Crippen MR) is 88.2 cm³/mol. The number of sulfonamides is 1. The van der Waals surface area contributed by atoms with Crippen molar-refractivity contribution in [3.8, 4) is 0 Å². The molecule has 1 aromatic heterocycles. The van der Waals surface area contributed by atoms with Gasteiger partial charge in [0.25, 0.3) is 0 Å². The fourth-order valence-electron chi connectivity index (χ4n) is 3.02. The summed E-state index contributed by atoms with van der Waals surface area (Å²) in [5, 5.41) is 3.91. The molecule has 1 fully saturated rings. The Morgan fingerprint density at radius 3 is 2.62 bits per heavy atom. The van der Waals surface area contributed by atoms with E-state index in [-0.39, 0.29) is 0 Å². The summed E-state index contributed by atoms with van der Waals surface area (Å²) in [6, 6.07) is 3.81. The monoisotopic (exact) mass is 417 g/mol. The van der Waals surface area contributed by atoms with E-state index >= 15 is 0 Å². The minimum atomic E-state index is -4.09. The molecule has 1 saturated carbocycles. The third-order valence-corrected chi connectivity index (χ3v) is 6.22. The van der Waals surface area contributed by atoms with Crippen molar-refractivity contribution in [1.29, 1.82) is 0 Å². The van der Waals surface area contributed by atoms with Gasteiger partial charge < -0.3 is 4.52 Å². The molecule has 1 aromatic carbocycles. The highest BCUT2D eigenvalue weighted by molar-refractivity contribution is 9.10. The molecule has 0 saturated heterocycles. The zero-order valence-electron chi connectivity index (χ0n) is 13.1. The summed E-state index contributed by atoms with van der Waals surface area (Å²) in [6.45, 7) is 1.65. The highest BCUT2D eigenvalue weighted by Crippen LogP contribution is 2.37. The van der Waals surface area contributed by atoms with Gasteiger partial charge in [-0.1, -0.05) is 40.3 Å². The molecule has 1 N–H and O–H groups in total. The molecule has 0 radical (unpaired) electrons. The minimum absolute atomic E-state index is 0.304. The van der Waals surface area contributed by atoms with E-state index in [1.54, 1.807) is 6.92 Å². The third-order valence-electron chi connectivity index (χ3n) is 4.18. The van der Waals surface area contributed by atoms with Gasteiger partial charge in [-0.3, -0.25) is 0 Å². The van der Waals surface area contributed by atoms with Crippen LogP contribution in [-0.4, -0.2) is 18.6 Å². The van der Waals surface area contributed by atoms with Gasteiger partial charge in [-0.15, -0.1) is 0 Å². The number of halogens is 2. The summed E-state index contributed by atoms with van der Waals surface area (Å²) in [5.41, 5.74) is -0.969. The van der Waals surface area contributed by atoms with Crippen LogP contribution < -0.4 is 4.72 Å². The van der Waals surface area contributed by atoms with Gasteiger partial charge >= 0.3 is 0 Å². The van der Waals surface area contributed by atoms with Crippen molar-refractivity contribution < 1.29 is 17.3 Å². The smallest absolute Gasteiger partial charge is 0.244 e. The van der Waals surface area contributed by atoms with Gasteiger partial charge in [0.2, 0.25) is 15.9 Å². The Morgan fingerprint density at radius 2 is 2.00 bits per heavy atom. The molecule has 3 rings (SSSR count). The first kappa shape index (κ1) is 17.5. The number of aryl methyl sites for hydroxylation is 1. The second-order valence-corrected chi connectivity index (χ2v) is 8.53. The number of hydrogen-bond donors (Lipinski definition) is 1. The fourth-order valence-corrected chi connectivity index (χ4v) is 5.05. The number of rotatable bonds is 4. The van der Waals surface area contributed by atoms with E-state index in [9.17, 15) is 12.8 Å². The summed E-state index contributed by atoms with van der Waals surface area (Å²) >= 11 is 3.18. The maximum Gasteiger partial charge on any atom is 0.244 e. The number of benzene rings is 1. The second-order valence-electron chi connectivity index (χ2n) is 5.96. The van der Waals surface area contributed by atoms with E-state index in [4.69, 9.17) is 4.52 Å². The van der Waals surface area contributed by atoms with Crippen molar-refractivity contribution in [3.05, 3.63) is 40.2 Å². The van der Waals surface area contributed by atoms with Crippen molar-refractivity contribution in [2.45, 2.75) is 49.5 Å². The van der Waals surface area contributed by atoms with Crippen molar-refractivity contribution in [2.24, 2.45) is 0 Å². The average Bonchev–Trinajstić information content (AvgIpc) is 2.97. The molecule has 0 aliphatic heterocycles. The molecule has 1 aliphatic rings. The summed E-state index contributed by atoms with van der Waals surface area (Å²) in [6.07, 6.45) is 3.75. The number of aromatic nitrogens is 2. The van der Waals surface area contributed by atoms with Gasteiger partial charge in [-0.2, -0.15) is 9.71 Å². The molecule has 1 aliphatic carbocycles. The topological polar surface area (TPSA) is 85.1 Å². The first-order valence-electron chi connectivity index (χ1n) is 7.62. The third kappa shape index (κ3) is 3.38. The highest BCUT2D eigenvalue weighted by Gasteiger charge is 2.42. The van der Waals surface area contributed by atoms with Crippen LogP contribution in [0.2, 0.25) is 0 Å². The van der Waals surface area contributed by atoms with Crippen LogP contribution in [0.5, 0.6) is 0 Å². The van der Waals surface area contributed by atoms with Crippen LogP contribution in [-0.2, 0) is 15.6 Å². The van der Waals surface area contributed by atoms with Crippen LogP contribution in [0.1, 0.15) is 43.8 Å².